The number of aromatic amines is 1. The second-order valence-electron chi connectivity index (χ2n) is 4.96. The molecular weight excluding hydrogens is 200 g/mol. The van der Waals surface area contributed by atoms with Crippen molar-refractivity contribution in [1.82, 2.24) is 9.78 Å². The van der Waals surface area contributed by atoms with Gasteiger partial charge in [0, 0.05) is 12.3 Å². The molecule has 1 N–H and O–H groups in total. The summed E-state index contributed by atoms with van der Waals surface area (Å²) in [5, 5.41) is 2.71. The van der Waals surface area contributed by atoms with Gasteiger partial charge in [-0.2, -0.15) is 0 Å². The summed E-state index contributed by atoms with van der Waals surface area (Å²) in [6.07, 6.45) is 1.73. The third-order valence-electron chi connectivity index (χ3n) is 2.62. The van der Waals surface area contributed by atoms with Crippen LogP contribution < -0.4 is 5.56 Å². The Morgan fingerprint density at radius 2 is 1.69 bits per heavy atom. The number of hydrogen-bond donors (Lipinski definition) is 1. The molecule has 0 saturated carbocycles. The lowest BCUT2D eigenvalue weighted by molar-refractivity contribution is 0.590. The molecule has 0 amide bonds. The molecule has 0 aliphatic rings. The average Bonchev–Trinajstić information content (AvgIpc) is 2.64. The van der Waals surface area contributed by atoms with Crippen LogP contribution in [-0.2, 0) is 5.41 Å². The van der Waals surface area contributed by atoms with Gasteiger partial charge < -0.3 is 0 Å². The van der Waals surface area contributed by atoms with Gasteiger partial charge in [0.1, 0.15) is 0 Å². The molecule has 3 heteroatoms. The van der Waals surface area contributed by atoms with Crippen LogP contribution in [-0.4, -0.2) is 9.78 Å². The normalized spacial score (nSPS) is 11.7. The second kappa shape index (κ2) is 3.67. The average molecular weight is 216 g/mol. The molecular formula is C13H16N2O. The highest BCUT2D eigenvalue weighted by Crippen LogP contribution is 2.22. The number of hydrogen-bond acceptors (Lipinski definition) is 1. The lowest BCUT2D eigenvalue weighted by atomic mass is 9.87. The van der Waals surface area contributed by atoms with Crippen LogP contribution in [0.4, 0.5) is 0 Å². The van der Waals surface area contributed by atoms with E-state index in [1.54, 1.807) is 10.9 Å². The van der Waals surface area contributed by atoms with Crippen LogP contribution in [0.15, 0.2) is 41.3 Å². The van der Waals surface area contributed by atoms with Gasteiger partial charge in [0.25, 0.3) is 5.56 Å². The van der Waals surface area contributed by atoms with Gasteiger partial charge in [-0.25, -0.2) is 0 Å². The molecule has 84 valence electrons. The fourth-order valence-corrected chi connectivity index (χ4v) is 1.61. The smallest absolute Gasteiger partial charge is 0.264 e. The largest absolute Gasteiger partial charge is 0.268 e. The highest BCUT2D eigenvalue weighted by atomic mass is 16.1. The van der Waals surface area contributed by atoms with E-state index in [0.717, 1.165) is 5.69 Å². The molecule has 0 aliphatic carbocycles. The molecule has 0 saturated heterocycles. The number of aromatic nitrogens is 2. The van der Waals surface area contributed by atoms with E-state index in [1.165, 1.54) is 11.6 Å². The van der Waals surface area contributed by atoms with Gasteiger partial charge in [0.15, 0.2) is 0 Å². The first kappa shape index (κ1) is 10.7. The first-order chi connectivity index (χ1) is 7.47. The van der Waals surface area contributed by atoms with Crippen LogP contribution in [0.2, 0.25) is 0 Å². The standard InChI is InChI=1S/C13H16N2O/c1-13(2,3)10-4-6-11(7-5-10)15-9-8-12(16)14-15/h4-9H,1-3H3,(H,14,16). The fraction of sp³-hybridized carbons (Fsp3) is 0.308. The SMILES string of the molecule is CC(C)(C)c1ccc(-n2ccc(=O)[nH]2)cc1. The van der Waals surface area contributed by atoms with Crippen LogP contribution in [0.3, 0.4) is 0 Å². The molecule has 2 rings (SSSR count). The van der Waals surface area contributed by atoms with Crippen LogP contribution >= 0.6 is 0 Å². The topological polar surface area (TPSA) is 37.8 Å². The maximum atomic E-state index is 11.0. The van der Waals surface area contributed by atoms with Crippen molar-refractivity contribution < 1.29 is 0 Å². The summed E-state index contributed by atoms with van der Waals surface area (Å²) in [6.45, 7) is 6.54. The zero-order chi connectivity index (χ0) is 11.8. The van der Waals surface area contributed by atoms with Crippen LogP contribution in [0.25, 0.3) is 5.69 Å². The number of rotatable bonds is 1. The number of H-pyrrole nitrogens is 1. The lowest BCUT2D eigenvalue weighted by Gasteiger charge is -2.19. The minimum atomic E-state index is -0.0834. The summed E-state index contributed by atoms with van der Waals surface area (Å²) in [6, 6.07) is 9.71. The Balaban J connectivity index is 2.36. The molecule has 3 nitrogen and oxygen atoms in total. The minimum absolute atomic E-state index is 0.0834. The first-order valence-corrected chi connectivity index (χ1v) is 5.35. The molecule has 1 aromatic heterocycles. The fourth-order valence-electron chi connectivity index (χ4n) is 1.61. The lowest BCUT2D eigenvalue weighted by Crippen LogP contribution is -2.11. The van der Waals surface area contributed by atoms with Crippen molar-refractivity contribution in [1.29, 1.82) is 0 Å². The summed E-state index contributed by atoms with van der Waals surface area (Å²) in [5.41, 5.74) is 2.32. The van der Waals surface area contributed by atoms with Crippen molar-refractivity contribution in [2.45, 2.75) is 26.2 Å². The van der Waals surface area contributed by atoms with Gasteiger partial charge in [0.2, 0.25) is 0 Å². The molecule has 1 heterocycles. The van der Waals surface area contributed by atoms with Gasteiger partial charge in [-0.05, 0) is 23.1 Å². The van der Waals surface area contributed by atoms with Gasteiger partial charge >= 0.3 is 0 Å². The van der Waals surface area contributed by atoms with Crippen molar-refractivity contribution in [3.05, 3.63) is 52.4 Å². The van der Waals surface area contributed by atoms with Crippen LogP contribution in [0, 0.1) is 0 Å². The van der Waals surface area contributed by atoms with Crippen LogP contribution in [0.5, 0.6) is 0 Å². The Hall–Kier alpha value is -1.77. The highest BCUT2D eigenvalue weighted by molar-refractivity contribution is 5.36. The van der Waals surface area contributed by atoms with Gasteiger partial charge in [-0.3, -0.25) is 14.6 Å². The van der Waals surface area contributed by atoms with Gasteiger partial charge in [0.05, 0.1) is 5.69 Å². The third kappa shape index (κ3) is 2.08. The molecule has 1 aromatic carbocycles. The van der Waals surface area contributed by atoms with E-state index in [2.05, 4.69) is 38.0 Å². The Morgan fingerprint density at radius 1 is 1.06 bits per heavy atom. The second-order valence-corrected chi connectivity index (χ2v) is 4.96. The summed E-state index contributed by atoms with van der Waals surface area (Å²) in [7, 11) is 0. The summed E-state index contributed by atoms with van der Waals surface area (Å²) < 4.78 is 1.72. The van der Waals surface area contributed by atoms with E-state index < -0.39 is 0 Å². The molecule has 0 fully saturated rings. The predicted octanol–water partition coefficient (Wildman–Crippen LogP) is 2.46. The molecule has 2 aromatic rings. The van der Waals surface area contributed by atoms with Crippen molar-refractivity contribution in [3.8, 4) is 5.69 Å². The third-order valence-corrected chi connectivity index (χ3v) is 2.62. The van der Waals surface area contributed by atoms with E-state index in [4.69, 9.17) is 0 Å². The Bertz CT molecular complexity index is 526. The first-order valence-electron chi connectivity index (χ1n) is 5.35. The van der Waals surface area contributed by atoms with Gasteiger partial charge in [-0.15, -0.1) is 0 Å². The predicted molar refractivity (Wildman–Crippen MR) is 65.1 cm³/mol. The van der Waals surface area contributed by atoms with Crippen molar-refractivity contribution >= 4 is 0 Å². The Morgan fingerprint density at radius 3 is 2.12 bits per heavy atom. The number of nitrogens with one attached hydrogen (secondary N) is 1. The summed E-state index contributed by atoms with van der Waals surface area (Å²) >= 11 is 0. The Labute approximate surface area is 94.7 Å². The Kier molecular flexibility index (Phi) is 2.46. The van der Waals surface area contributed by atoms with E-state index in [1.807, 2.05) is 12.1 Å². The zero-order valence-corrected chi connectivity index (χ0v) is 9.82. The maximum absolute atomic E-state index is 11.0. The molecule has 0 radical (unpaired) electrons. The molecule has 0 atom stereocenters. The molecule has 0 aliphatic heterocycles. The molecule has 0 unspecified atom stereocenters. The molecule has 16 heavy (non-hydrogen) atoms. The maximum Gasteiger partial charge on any atom is 0.264 e. The molecule has 0 spiro atoms. The molecule has 0 bridgehead atoms. The van der Waals surface area contributed by atoms with Crippen LogP contribution in [0.1, 0.15) is 26.3 Å². The quantitative estimate of drug-likeness (QED) is 0.781. The van der Waals surface area contributed by atoms with E-state index in [9.17, 15) is 4.79 Å². The van der Waals surface area contributed by atoms with E-state index >= 15 is 0 Å². The zero-order valence-electron chi connectivity index (χ0n) is 9.82. The van der Waals surface area contributed by atoms with Gasteiger partial charge in [-0.1, -0.05) is 32.9 Å². The monoisotopic (exact) mass is 216 g/mol. The minimum Gasteiger partial charge on any atom is -0.268 e. The van der Waals surface area contributed by atoms with Crippen molar-refractivity contribution in [2.24, 2.45) is 0 Å². The number of nitrogens with zero attached hydrogens (tertiary/aromatic N) is 1. The summed E-state index contributed by atoms with van der Waals surface area (Å²) in [4.78, 5) is 11.0. The summed E-state index contributed by atoms with van der Waals surface area (Å²) in [5.74, 6) is 0. The van der Waals surface area contributed by atoms with Crippen molar-refractivity contribution in [2.75, 3.05) is 0 Å². The van der Waals surface area contributed by atoms with Crippen molar-refractivity contribution in [3.63, 3.8) is 0 Å². The number of benzene rings is 1. The van der Waals surface area contributed by atoms with E-state index in [0.29, 0.717) is 0 Å². The van der Waals surface area contributed by atoms with E-state index in [-0.39, 0.29) is 11.0 Å². The highest BCUT2D eigenvalue weighted by Gasteiger charge is 2.12.